The Morgan fingerprint density at radius 2 is 1.80 bits per heavy atom. The molecule has 2 N–H and O–H groups in total. The summed E-state index contributed by atoms with van der Waals surface area (Å²) in [6, 6.07) is 2.92. The van der Waals surface area contributed by atoms with E-state index in [0.29, 0.717) is 0 Å². The first-order chi connectivity index (χ1) is 9.15. The third kappa shape index (κ3) is 3.75. The van der Waals surface area contributed by atoms with Crippen molar-refractivity contribution in [1.82, 2.24) is 4.72 Å². The van der Waals surface area contributed by atoms with Crippen LogP contribution in [0, 0.1) is 16.0 Å². The Balaban J connectivity index is 3.04. The van der Waals surface area contributed by atoms with E-state index in [1.807, 2.05) is 0 Å². The predicted molar refractivity (Wildman–Crippen MR) is 69.7 cm³/mol. The molecule has 0 heterocycles. The molecule has 0 aromatic heterocycles. The Hall–Kier alpha value is -2.00. The summed E-state index contributed by atoms with van der Waals surface area (Å²) < 4.78 is 26.0. The van der Waals surface area contributed by atoms with E-state index < -0.39 is 32.9 Å². The largest absolute Gasteiger partial charge is 0.480 e. The number of nitrogens with zero attached hydrogens (tertiary/aromatic N) is 1. The van der Waals surface area contributed by atoms with Crippen molar-refractivity contribution in [2.75, 3.05) is 0 Å². The van der Waals surface area contributed by atoms with Gasteiger partial charge in [-0.3, -0.25) is 14.9 Å². The average molecular weight is 302 g/mol. The van der Waals surface area contributed by atoms with E-state index in [2.05, 4.69) is 4.72 Å². The summed E-state index contributed by atoms with van der Waals surface area (Å²) >= 11 is 0. The Labute approximate surface area is 115 Å². The van der Waals surface area contributed by atoms with Crippen LogP contribution in [0.3, 0.4) is 0 Å². The fourth-order valence-electron chi connectivity index (χ4n) is 1.45. The predicted octanol–water partition coefficient (Wildman–Crippen LogP) is 0.982. The highest BCUT2D eigenvalue weighted by Gasteiger charge is 2.28. The Kier molecular flexibility index (Phi) is 4.79. The zero-order chi connectivity index (χ0) is 15.5. The van der Waals surface area contributed by atoms with Gasteiger partial charge in [-0.15, -0.1) is 0 Å². The first-order valence-electron chi connectivity index (χ1n) is 5.64. The fraction of sp³-hybridized carbons (Fsp3) is 0.364. The number of non-ortho nitro benzene ring substituents is 1. The highest BCUT2D eigenvalue weighted by Crippen LogP contribution is 2.17. The van der Waals surface area contributed by atoms with Crippen LogP contribution in [-0.4, -0.2) is 30.5 Å². The molecule has 1 unspecified atom stereocenters. The van der Waals surface area contributed by atoms with Gasteiger partial charge in [0, 0.05) is 12.1 Å². The maximum atomic E-state index is 12.0. The molecule has 0 bridgehead atoms. The van der Waals surface area contributed by atoms with Crippen LogP contribution in [0.25, 0.3) is 0 Å². The van der Waals surface area contributed by atoms with Crippen LogP contribution in [0.15, 0.2) is 29.2 Å². The molecule has 9 heteroatoms. The van der Waals surface area contributed by atoms with E-state index in [-0.39, 0.29) is 10.6 Å². The summed E-state index contributed by atoms with van der Waals surface area (Å²) in [5, 5.41) is 19.4. The summed E-state index contributed by atoms with van der Waals surface area (Å²) in [6.45, 7) is 3.13. The zero-order valence-electron chi connectivity index (χ0n) is 10.8. The first kappa shape index (κ1) is 16.1. The molecule has 0 spiro atoms. The standard InChI is InChI=1S/C11H14N2O6S/c1-7(2)10(11(14)15)12-20(18,19)9-5-3-8(4-6-9)13(16)17/h3-7,10,12H,1-2H3,(H,14,15). The highest BCUT2D eigenvalue weighted by molar-refractivity contribution is 7.89. The Morgan fingerprint density at radius 1 is 1.30 bits per heavy atom. The number of carbonyl (C=O) groups is 1. The van der Waals surface area contributed by atoms with Crippen molar-refractivity contribution in [3.8, 4) is 0 Å². The molecule has 1 aromatic carbocycles. The van der Waals surface area contributed by atoms with Gasteiger partial charge in [0.2, 0.25) is 10.0 Å². The molecule has 1 aromatic rings. The van der Waals surface area contributed by atoms with Crippen LogP contribution in [-0.2, 0) is 14.8 Å². The number of nitro groups is 1. The van der Waals surface area contributed by atoms with Crippen molar-refractivity contribution >= 4 is 21.7 Å². The maximum absolute atomic E-state index is 12.0. The second kappa shape index (κ2) is 5.97. The quantitative estimate of drug-likeness (QED) is 0.595. The lowest BCUT2D eigenvalue weighted by atomic mass is 10.1. The van der Waals surface area contributed by atoms with Crippen molar-refractivity contribution in [2.45, 2.75) is 24.8 Å². The smallest absolute Gasteiger partial charge is 0.322 e. The summed E-state index contributed by atoms with van der Waals surface area (Å²) in [5.74, 6) is -1.73. The van der Waals surface area contributed by atoms with Gasteiger partial charge in [0.1, 0.15) is 6.04 Å². The van der Waals surface area contributed by atoms with E-state index >= 15 is 0 Å². The van der Waals surface area contributed by atoms with Crippen molar-refractivity contribution in [1.29, 1.82) is 0 Å². The molecule has 110 valence electrons. The van der Waals surface area contributed by atoms with Gasteiger partial charge < -0.3 is 5.11 Å². The van der Waals surface area contributed by atoms with Crippen molar-refractivity contribution in [2.24, 2.45) is 5.92 Å². The van der Waals surface area contributed by atoms with Gasteiger partial charge >= 0.3 is 5.97 Å². The lowest BCUT2D eigenvalue weighted by molar-refractivity contribution is -0.384. The number of nitro benzene ring substituents is 1. The Bertz CT molecular complexity index is 608. The van der Waals surface area contributed by atoms with E-state index in [1.54, 1.807) is 13.8 Å². The summed E-state index contributed by atoms with van der Waals surface area (Å²) in [6.07, 6.45) is 0. The van der Waals surface area contributed by atoms with Gasteiger partial charge in [-0.2, -0.15) is 4.72 Å². The van der Waals surface area contributed by atoms with Gasteiger partial charge in [-0.25, -0.2) is 8.42 Å². The normalized spacial score (nSPS) is 13.2. The minimum atomic E-state index is -4.05. The molecule has 0 aliphatic carbocycles. The van der Waals surface area contributed by atoms with Crippen LogP contribution in [0.5, 0.6) is 0 Å². The van der Waals surface area contributed by atoms with Gasteiger partial charge in [-0.05, 0) is 18.1 Å². The molecule has 20 heavy (non-hydrogen) atoms. The molecule has 0 saturated carbocycles. The topological polar surface area (TPSA) is 127 Å². The van der Waals surface area contributed by atoms with Crippen LogP contribution in [0.2, 0.25) is 0 Å². The van der Waals surface area contributed by atoms with Crippen molar-refractivity contribution < 1.29 is 23.2 Å². The number of carboxylic acids is 1. The van der Waals surface area contributed by atoms with E-state index in [1.165, 1.54) is 0 Å². The van der Waals surface area contributed by atoms with Crippen LogP contribution in [0.4, 0.5) is 5.69 Å². The molecule has 0 aliphatic rings. The van der Waals surface area contributed by atoms with Crippen LogP contribution >= 0.6 is 0 Å². The number of rotatable bonds is 6. The fourth-order valence-corrected chi connectivity index (χ4v) is 2.79. The number of hydrogen-bond donors (Lipinski definition) is 2. The molecule has 0 fully saturated rings. The average Bonchev–Trinajstić information content (AvgIpc) is 2.35. The number of benzene rings is 1. The summed E-state index contributed by atoms with van der Waals surface area (Å²) in [4.78, 5) is 20.6. The lowest BCUT2D eigenvalue weighted by Gasteiger charge is -2.17. The van der Waals surface area contributed by atoms with Crippen LogP contribution < -0.4 is 4.72 Å². The number of nitrogens with one attached hydrogen (secondary N) is 1. The third-order valence-corrected chi connectivity index (χ3v) is 4.03. The molecular weight excluding hydrogens is 288 g/mol. The SMILES string of the molecule is CC(C)C(NS(=O)(=O)c1ccc([N+](=O)[O-])cc1)C(=O)O. The second-order valence-corrected chi connectivity index (χ2v) is 6.15. The summed E-state index contributed by atoms with van der Waals surface area (Å²) in [5.41, 5.74) is -0.248. The second-order valence-electron chi connectivity index (χ2n) is 4.43. The first-order valence-corrected chi connectivity index (χ1v) is 7.13. The maximum Gasteiger partial charge on any atom is 0.322 e. The van der Waals surface area contributed by atoms with Crippen molar-refractivity contribution in [3.05, 3.63) is 34.4 Å². The molecule has 1 rings (SSSR count). The third-order valence-electron chi connectivity index (χ3n) is 2.57. The minimum Gasteiger partial charge on any atom is -0.480 e. The molecule has 0 radical (unpaired) electrons. The number of hydrogen-bond acceptors (Lipinski definition) is 5. The minimum absolute atomic E-state index is 0.227. The monoisotopic (exact) mass is 302 g/mol. The lowest BCUT2D eigenvalue weighted by Crippen LogP contribution is -2.44. The molecule has 0 saturated heterocycles. The number of carboxylic acid groups (broad SMARTS) is 1. The number of sulfonamides is 1. The molecule has 1 atom stereocenters. The van der Waals surface area contributed by atoms with E-state index in [4.69, 9.17) is 5.11 Å². The number of aliphatic carboxylic acids is 1. The molecule has 8 nitrogen and oxygen atoms in total. The van der Waals surface area contributed by atoms with Gasteiger partial charge in [0.05, 0.1) is 9.82 Å². The molecule has 0 aliphatic heterocycles. The van der Waals surface area contributed by atoms with Crippen LogP contribution in [0.1, 0.15) is 13.8 Å². The van der Waals surface area contributed by atoms with Crippen molar-refractivity contribution in [3.63, 3.8) is 0 Å². The Morgan fingerprint density at radius 3 is 2.15 bits per heavy atom. The van der Waals surface area contributed by atoms with Gasteiger partial charge in [0.15, 0.2) is 0 Å². The van der Waals surface area contributed by atoms with Gasteiger partial charge in [0.25, 0.3) is 5.69 Å². The highest BCUT2D eigenvalue weighted by atomic mass is 32.2. The summed E-state index contributed by atoms with van der Waals surface area (Å²) in [7, 11) is -4.05. The van der Waals surface area contributed by atoms with E-state index in [0.717, 1.165) is 24.3 Å². The molecular formula is C11H14N2O6S. The molecule has 0 amide bonds. The zero-order valence-corrected chi connectivity index (χ0v) is 11.6. The van der Waals surface area contributed by atoms with E-state index in [9.17, 15) is 23.3 Å². The van der Waals surface area contributed by atoms with Gasteiger partial charge in [-0.1, -0.05) is 13.8 Å².